The van der Waals surface area contributed by atoms with Crippen LogP contribution in [0.15, 0.2) is 65.5 Å². The molecule has 2 aromatic carbocycles. The predicted octanol–water partition coefficient (Wildman–Crippen LogP) is 2.89. The number of carbonyl (C=O) groups excluding carboxylic acids is 2. The van der Waals surface area contributed by atoms with E-state index in [0.29, 0.717) is 34.6 Å². The number of ether oxygens (including phenoxy) is 3. The normalized spacial score (nSPS) is 19.6. The molecule has 3 aliphatic rings. The van der Waals surface area contributed by atoms with E-state index in [9.17, 15) is 29.6 Å². The first-order valence-corrected chi connectivity index (χ1v) is 15.1. The molecule has 3 atom stereocenters. The van der Waals surface area contributed by atoms with E-state index in [2.05, 4.69) is 0 Å². The van der Waals surface area contributed by atoms with Crippen molar-refractivity contribution in [2.75, 3.05) is 27.2 Å². The van der Waals surface area contributed by atoms with E-state index in [1.807, 2.05) is 36.4 Å². The molecule has 4 heterocycles. The quantitative estimate of drug-likeness (QED) is 0.109. The number of esters is 1. The Balaban J connectivity index is 1.00. The van der Waals surface area contributed by atoms with Crippen LogP contribution in [0.25, 0.3) is 22.3 Å². The van der Waals surface area contributed by atoms with Gasteiger partial charge in [-0.3, -0.25) is 24.6 Å². The van der Waals surface area contributed by atoms with Gasteiger partial charge in [-0.05, 0) is 54.9 Å². The maximum Gasteiger partial charge on any atom is 0.409 e. The van der Waals surface area contributed by atoms with Gasteiger partial charge in [0.1, 0.15) is 18.6 Å². The van der Waals surface area contributed by atoms with Crippen LogP contribution in [0.4, 0.5) is 10.5 Å². The van der Waals surface area contributed by atoms with Gasteiger partial charge in [0.2, 0.25) is 6.41 Å². The second-order valence-electron chi connectivity index (χ2n) is 12.1. The van der Waals surface area contributed by atoms with E-state index in [1.54, 1.807) is 11.6 Å². The second-order valence-corrected chi connectivity index (χ2v) is 12.1. The minimum atomic E-state index is -1.41. The number of likely N-dealkylation sites (N-methyl/N-ethyl adjacent to an activating group) is 2. The first-order chi connectivity index (χ1) is 22.6. The lowest BCUT2D eigenvalue weighted by Crippen LogP contribution is -2.43. The number of amides is 1. The van der Waals surface area contributed by atoms with Gasteiger partial charge < -0.3 is 28.8 Å². The van der Waals surface area contributed by atoms with Gasteiger partial charge in [0, 0.05) is 43.2 Å². The van der Waals surface area contributed by atoms with Crippen molar-refractivity contribution in [3.05, 3.63) is 103 Å². The molecule has 0 bridgehead atoms. The van der Waals surface area contributed by atoms with Crippen molar-refractivity contribution in [2.24, 2.45) is 0 Å². The monoisotopic (exact) mass is 641 g/mol. The molecule has 1 amide bonds. The van der Waals surface area contributed by atoms with Crippen molar-refractivity contribution in [1.29, 1.82) is 0 Å². The van der Waals surface area contributed by atoms with Crippen molar-refractivity contribution in [1.82, 2.24) is 19.4 Å². The maximum absolute atomic E-state index is 13.7. The molecular weight excluding hydrogens is 610 g/mol. The Morgan fingerprint density at radius 2 is 1.94 bits per heavy atom. The summed E-state index contributed by atoms with van der Waals surface area (Å²) < 4.78 is 18.4. The van der Waals surface area contributed by atoms with Gasteiger partial charge in [0.25, 0.3) is 11.2 Å². The van der Waals surface area contributed by atoms with E-state index in [-0.39, 0.29) is 44.0 Å². The number of hydrogen-bond acceptors (Lipinski definition) is 11. The molecule has 2 aromatic heterocycles. The van der Waals surface area contributed by atoms with Crippen molar-refractivity contribution in [2.45, 2.75) is 44.1 Å². The standard InChI is InChI=1S/C33H31N5O9/c1-35(31(41)46-17-19-7-9-22(10-8-19)38(43)44)11-12-36(2)32(42)47-27-15-33(27)24-14-26-28-21(13-20-5-3-4-6-25(20)34-28)16-37(26)29(39)23(24)18-45-30(33)40/h3-10,13-14,27,32,42H,11-12,15-18H2,1-2H3. The van der Waals surface area contributed by atoms with Crippen LogP contribution in [-0.2, 0) is 44.2 Å². The van der Waals surface area contributed by atoms with Gasteiger partial charge in [0.05, 0.1) is 40.0 Å². The lowest BCUT2D eigenvalue weighted by atomic mass is 9.89. The van der Waals surface area contributed by atoms with Crippen LogP contribution in [-0.4, -0.2) is 81.1 Å². The number of nitro groups is 1. The number of aliphatic hydroxyl groups excluding tert-OH is 1. The molecule has 2 aliphatic heterocycles. The van der Waals surface area contributed by atoms with Gasteiger partial charge in [0.15, 0.2) is 0 Å². The van der Waals surface area contributed by atoms with E-state index in [1.165, 1.54) is 41.1 Å². The summed E-state index contributed by atoms with van der Waals surface area (Å²) >= 11 is 0. The number of nitrogens with zero attached hydrogens (tertiary/aromatic N) is 5. The average Bonchev–Trinajstić information content (AvgIpc) is 3.66. The molecule has 4 aromatic rings. The minimum absolute atomic E-state index is 0.0581. The third kappa shape index (κ3) is 5.29. The zero-order chi connectivity index (χ0) is 33.0. The summed E-state index contributed by atoms with van der Waals surface area (Å²) in [5, 5.41) is 22.7. The number of hydrogen-bond donors (Lipinski definition) is 1. The highest BCUT2D eigenvalue weighted by Crippen LogP contribution is 2.55. The van der Waals surface area contributed by atoms with Crippen molar-refractivity contribution in [3.8, 4) is 11.4 Å². The Labute approximate surface area is 267 Å². The smallest absolute Gasteiger partial charge is 0.409 e. The van der Waals surface area contributed by atoms with Crippen LogP contribution in [0.1, 0.15) is 28.7 Å². The summed E-state index contributed by atoms with van der Waals surface area (Å²) in [7, 11) is 3.14. The van der Waals surface area contributed by atoms with Gasteiger partial charge >= 0.3 is 12.1 Å². The molecule has 1 aliphatic carbocycles. The fraction of sp³-hybridized carbons (Fsp3) is 0.333. The molecule has 1 N–H and O–H groups in total. The first kappa shape index (κ1) is 30.5. The molecule has 242 valence electrons. The lowest BCUT2D eigenvalue weighted by molar-refractivity contribution is -0.384. The number of fused-ring (bicyclic) bond motifs is 6. The van der Waals surface area contributed by atoms with Crippen molar-refractivity contribution in [3.63, 3.8) is 0 Å². The summed E-state index contributed by atoms with van der Waals surface area (Å²) in [4.78, 5) is 57.3. The molecule has 1 spiro atoms. The molecule has 7 rings (SSSR count). The number of rotatable bonds is 9. The highest BCUT2D eigenvalue weighted by Gasteiger charge is 2.67. The summed E-state index contributed by atoms with van der Waals surface area (Å²) in [5.41, 5.74) is 3.09. The van der Waals surface area contributed by atoms with Crippen LogP contribution in [0, 0.1) is 10.1 Å². The number of aliphatic hydroxyl groups is 1. The van der Waals surface area contributed by atoms with Crippen LogP contribution in [0.5, 0.6) is 0 Å². The molecule has 3 unspecified atom stereocenters. The number of benzene rings is 2. The van der Waals surface area contributed by atoms with Gasteiger partial charge in [-0.1, -0.05) is 18.2 Å². The molecule has 14 heteroatoms. The first-order valence-electron chi connectivity index (χ1n) is 15.1. The van der Waals surface area contributed by atoms with Crippen LogP contribution < -0.4 is 5.56 Å². The minimum Gasteiger partial charge on any atom is -0.460 e. The Kier molecular flexibility index (Phi) is 7.50. The largest absolute Gasteiger partial charge is 0.460 e. The predicted molar refractivity (Wildman–Crippen MR) is 166 cm³/mol. The average molecular weight is 642 g/mol. The number of aromatic nitrogens is 2. The number of nitro benzene ring substituents is 1. The Bertz CT molecular complexity index is 2000. The number of cyclic esters (lactones) is 1. The Hall–Kier alpha value is -5.18. The van der Waals surface area contributed by atoms with Crippen LogP contribution in [0.3, 0.4) is 0 Å². The zero-order valence-electron chi connectivity index (χ0n) is 25.6. The SMILES string of the molecule is CN(CCN(C)C(O)OC1CC12C(=O)OCc1c2cc2n(c1=O)Cc1cc3ccccc3nc1-2)C(=O)OCc1ccc([N+](=O)[O-])cc1. The van der Waals surface area contributed by atoms with Gasteiger partial charge in [-0.15, -0.1) is 0 Å². The van der Waals surface area contributed by atoms with Crippen LogP contribution in [0.2, 0.25) is 0 Å². The highest BCUT2D eigenvalue weighted by molar-refractivity contribution is 5.91. The Morgan fingerprint density at radius 3 is 2.70 bits per heavy atom. The highest BCUT2D eigenvalue weighted by atomic mass is 16.6. The zero-order valence-corrected chi connectivity index (χ0v) is 25.6. The third-order valence-corrected chi connectivity index (χ3v) is 9.14. The van der Waals surface area contributed by atoms with Gasteiger partial charge in [-0.25, -0.2) is 9.78 Å². The number of carbonyl (C=O) groups is 2. The second kappa shape index (κ2) is 11.6. The Morgan fingerprint density at radius 1 is 1.17 bits per heavy atom. The molecule has 14 nitrogen and oxygen atoms in total. The van der Waals surface area contributed by atoms with E-state index in [4.69, 9.17) is 19.2 Å². The summed E-state index contributed by atoms with van der Waals surface area (Å²) in [6, 6.07) is 17.3. The number of para-hydroxylation sites is 1. The maximum atomic E-state index is 13.7. The molecule has 1 fully saturated rings. The molecular formula is C33H31N5O9. The molecule has 0 radical (unpaired) electrons. The fourth-order valence-electron chi connectivity index (χ4n) is 6.25. The molecule has 1 saturated carbocycles. The van der Waals surface area contributed by atoms with Crippen LogP contribution >= 0.6 is 0 Å². The molecule has 47 heavy (non-hydrogen) atoms. The molecule has 0 saturated heterocycles. The van der Waals surface area contributed by atoms with E-state index in [0.717, 1.165) is 16.5 Å². The summed E-state index contributed by atoms with van der Waals surface area (Å²) in [6.07, 6.45) is -2.52. The topological polar surface area (TPSA) is 167 Å². The fourth-order valence-corrected chi connectivity index (χ4v) is 6.25. The third-order valence-electron chi connectivity index (χ3n) is 9.14. The lowest BCUT2D eigenvalue weighted by Gasteiger charge is -2.29. The summed E-state index contributed by atoms with van der Waals surface area (Å²) in [5.74, 6) is -0.505. The summed E-state index contributed by atoms with van der Waals surface area (Å²) in [6.45, 7) is 0.562. The van der Waals surface area contributed by atoms with Gasteiger partial charge in [-0.2, -0.15) is 0 Å². The van der Waals surface area contributed by atoms with E-state index < -0.39 is 34.9 Å². The van der Waals surface area contributed by atoms with Crippen molar-refractivity contribution < 1.29 is 33.8 Å². The number of pyridine rings is 2. The van der Waals surface area contributed by atoms with E-state index >= 15 is 0 Å². The number of non-ortho nitro benzene ring substituents is 1. The van der Waals surface area contributed by atoms with Crippen molar-refractivity contribution >= 4 is 28.7 Å².